The minimum Gasteiger partial charge on any atom is -0.478 e. The van der Waals surface area contributed by atoms with Crippen molar-refractivity contribution >= 4 is 0 Å². The van der Waals surface area contributed by atoms with Gasteiger partial charge in [-0.3, -0.25) is 0 Å². The minimum atomic E-state index is 0.249. The molecule has 0 radical (unpaired) electrons. The summed E-state index contributed by atoms with van der Waals surface area (Å²) in [7, 11) is 0. The number of nitrogens with two attached hydrogens (primary N) is 1. The van der Waals surface area contributed by atoms with Crippen molar-refractivity contribution in [3.63, 3.8) is 0 Å². The van der Waals surface area contributed by atoms with Gasteiger partial charge in [0.1, 0.15) is 6.10 Å². The van der Waals surface area contributed by atoms with E-state index in [1.54, 1.807) is 0 Å². The molecule has 2 rings (SSSR count). The number of ether oxygens (including phenoxy) is 2. The lowest BCUT2D eigenvalue weighted by atomic mass is 9.94. The van der Waals surface area contributed by atoms with Crippen molar-refractivity contribution in [1.82, 2.24) is 4.98 Å². The lowest BCUT2D eigenvalue weighted by molar-refractivity contribution is 0.139. The zero-order valence-electron chi connectivity index (χ0n) is 10.3. The zero-order chi connectivity index (χ0) is 12.1. The number of hydrogen-bond donors (Lipinski definition) is 1. The quantitative estimate of drug-likeness (QED) is 0.870. The first-order valence-electron chi connectivity index (χ1n) is 6.30. The summed E-state index contributed by atoms with van der Waals surface area (Å²) in [5, 5.41) is 0. The van der Waals surface area contributed by atoms with Crippen LogP contribution in [0.2, 0.25) is 0 Å². The molecule has 1 aliphatic carbocycles. The Balaban J connectivity index is 1.91. The van der Waals surface area contributed by atoms with Gasteiger partial charge in [0.05, 0.1) is 6.61 Å². The number of rotatable bonds is 4. The molecule has 4 nitrogen and oxygen atoms in total. The molecule has 0 aromatic carbocycles. The van der Waals surface area contributed by atoms with E-state index in [1.165, 1.54) is 0 Å². The van der Waals surface area contributed by atoms with Gasteiger partial charge in [0.15, 0.2) is 0 Å². The van der Waals surface area contributed by atoms with Crippen LogP contribution in [0.5, 0.6) is 11.8 Å². The standard InChI is InChI=1S/C13H20N2O2/c1-2-16-12-4-3-5-13(15-12)17-11-8-6-10(14)7-9-11/h3-5,10-11H,2,6-9,14H2,1H3. The molecule has 1 saturated carbocycles. The summed E-state index contributed by atoms with van der Waals surface area (Å²) in [5.74, 6) is 1.27. The Morgan fingerprint density at radius 3 is 2.65 bits per heavy atom. The first-order chi connectivity index (χ1) is 8.28. The average molecular weight is 236 g/mol. The van der Waals surface area contributed by atoms with E-state index in [0.29, 0.717) is 24.4 Å². The van der Waals surface area contributed by atoms with Crippen molar-refractivity contribution in [1.29, 1.82) is 0 Å². The predicted octanol–water partition coefficient (Wildman–Crippen LogP) is 2.13. The lowest BCUT2D eigenvalue weighted by Gasteiger charge is -2.26. The van der Waals surface area contributed by atoms with Crippen molar-refractivity contribution in [3.05, 3.63) is 18.2 Å². The molecule has 1 aliphatic rings. The van der Waals surface area contributed by atoms with E-state index >= 15 is 0 Å². The maximum Gasteiger partial charge on any atom is 0.216 e. The second kappa shape index (κ2) is 5.87. The van der Waals surface area contributed by atoms with Crippen molar-refractivity contribution in [2.45, 2.75) is 44.8 Å². The first-order valence-corrected chi connectivity index (χ1v) is 6.30. The molecular formula is C13H20N2O2. The summed E-state index contributed by atoms with van der Waals surface area (Å²) in [6.45, 7) is 2.56. The molecule has 0 amide bonds. The molecule has 0 spiro atoms. The van der Waals surface area contributed by atoms with Gasteiger partial charge in [0.2, 0.25) is 11.8 Å². The van der Waals surface area contributed by atoms with Gasteiger partial charge in [-0.15, -0.1) is 0 Å². The van der Waals surface area contributed by atoms with Crippen molar-refractivity contribution in [3.8, 4) is 11.8 Å². The molecular weight excluding hydrogens is 216 g/mol. The highest BCUT2D eigenvalue weighted by Gasteiger charge is 2.20. The molecule has 94 valence electrons. The van der Waals surface area contributed by atoms with Crippen LogP contribution in [0.4, 0.5) is 0 Å². The third-order valence-corrected chi connectivity index (χ3v) is 3.00. The van der Waals surface area contributed by atoms with E-state index in [2.05, 4.69) is 4.98 Å². The molecule has 0 unspecified atom stereocenters. The van der Waals surface area contributed by atoms with Gasteiger partial charge in [-0.1, -0.05) is 6.07 Å². The van der Waals surface area contributed by atoms with E-state index in [0.717, 1.165) is 25.7 Å². The van der Waals surface area contributed by atoms with Gasteiger partial charge in [-0.25, -0.2) is 0 Å². The predicted molar refractivity (Wildman–Crippen MR) is 66.3 cm³/mol. The highest BCUT2D eigenvalue weighted by atomic mass is 16.5. The molecule has 4 heteroatoms. The Labute approximate surface area is 102 Å². The summed E-state index contributed by atoms with van der Waals surface area (Å²) in [6, 6.07) is 5.96. The number of hydrogen-bond acceptors (Lipinski definition) is 4. The third kappa shape index (κ3) is 3.60. The van der Waals surface area contributed by atoms with Crippen molar-refractivity contribution < 1.29 is 9.47 Å². The first kappa shape index (κ1) is 12.2. The SMILES string of the molecule is CCOc1cccc(OC2CCC(N)CC2)n1. The fourth-order valence-electron chi connectivity index (χ4n) is 2.07. The molecule has 1 heterocycles. The molecule has 0 aliphatic heterocycles. The van der Waals surface area contributed by atoms with Crippen LogP contribution in [0.25, 0.3) is 0 Å². The van der Waals surface area contributed by atoms with Crippen LogP contribution in [0, 0.1) is 0 Å². The highest BCUT2D eigenvalue weighted by Crippen LogP contribution is 2.23. The molecule has 17 heavy (non-hydrogen) atoms. The van der Waals surface area contributed by atoms with Crippen LogP contribution in [0.15, 0.2) is 18.2 Å². The van der Waals surface area contributed by atoms with Crippen LogP contribution in [-0.4, -0.2) is 23.7 Å². The number of pyridine rings is 1. The highest BCUT2D eigenvalue weighted by molar-refractivity contribution is 5.20. The van der Waals surface area contributed by atoms with Gasteiger partial charge in [-0.05, 0) is 32.6 Å². The Kier molecular flexibility index (Phi) is 4.20. The summed E-state index contributed by atoms with van der Waals surface area (Å²) >= 11 is 0. The minimum absolute atomic E-state index is 0.249. The van der Waals surface area contributed by atoms with Crippen LogP contribution < -0.4 is 15.2 Å². The Hall–Kier alpha value is -1.29. The Morgan fingerprint density at radius 2 is 1.94 bits per heavy atom. The monoisotopic (exact) mass is 236 g/mol. The maximum atomic E-state index is 5.86. The van der Waals surface area contributed by atoms with E-state index < -0.39 is 0 Å². The van der Waals surface area contributed by atoms with Gasteiger partial charge in [-0.2, -0.15) is 4.98 Å². The van der Waals surface area contributed by atoms with E-state index in [4.69, 9.17) is 15.2 Å². The largest absolute Gasteiger partial charge is 0.478 e. The molecule has 0 bridgehead atoms. The molecule has 2 N–H and O–H groups in total. The van der Waals surface area contributed by atoms with Crippen LogP contribution >= 0.6 is 0 Å². The zero-order valence-corrected chi connectivity index (χ0v) is 10.3. The second-order valence-corrected chi connectivity index (χ2v) is 4.40. The van der Waals surface area contributed by atoms with Gasteiger partial charge < -0.3 is 15.2 Å². The number of nitrogens with zero attached hydrogens (tertiary/aromatic N) is 1. The fourth-order valence-corrected chi connectivity index (χ4v) is 2.07. The lowest BCUT2D eigenvalue weighted by Crippen LogP contribution is -2.31. The average Bonchev–Trinajstić information content (AvgIpc) is 2.33. The van der Waals surface area contributed by atoms with Crippen molar-refractivity contribution in [2.75, 3.05) is 6.61 Å². The van der Waals surface area contributed by atoms with E-state index in [-0.39, 0.29) is 6.10 Å². The van der Waals surface area contributed by atoms with E-state index in [9.17, 15) is 0 Å². The summed E-state index contributed by atoms with van der Waals surface area (Å²) in [6.07, 6.45) is 4.36. The van der Waals surface area contributed by atoms with Crippen LogP contribution in [0.3, 0.4) is 0 Å². The fraction of sp³-hybridized carbons (Fsp3) is 0.615. The molecule has 1 fully saturated rings. The summed E-state index contributed by atoms with van der Waals surface area (Å²) in [5.41, 5.74) is 5.86. The molecule has 0 saturated heterocycles. The molecule has 1 aromatic heterocycles. The topological polar surface area (TPSA) is 57.4 Å². The van der Waals surface area contributed by atoms with Crippen LogP contribution in [0.1, 0.15) is 32.6 Å². The second-order valence-electron chi connectivity index (χ2n) is 4.40. The van der Waals surface area contributed by atoms with Gasteiger partial charge in [0, 0.05) is 18.2 Å². The normalized spacial score (nSPS) is 24.4. The molecule has 0 atom stereocenters. The maximum absolute atomic E-state index is 5.86. The third-order valence-electron chi connectivity index (χ3n) is 3.00. The smallest absolute Gasteiger partial charge is 0.216 e. The van der Waals surface area contributed by atoms with Crippen molar-refractivity contribution in [2.24, 2.45) is 5.73 Å². The number of aromatic nitrogens is 1. The van der Waals surface area contributed by atoms with Gasteiger partial charge in [0.25, 0.3) is 0 Å². The Morgan fingerprint density at radius 1 is 1.24 bits per heavy atom. The van der Waals surface area contributed by atoms with Crippen LogP contribution in [-0.2, 0) is 0 Å². The van der Waals surface area contributed by atoms with Gasteiger partial charge >= 0.3 is 0 Å². The Bertz CT molecular complexity index is 349. The molecule has 1 aromatic rings. The summed E-state index contributed by atoms with van der Waals surface area (Å²) < 4.78 is 11.2. The van der Waals surface area contributed by atoms with E-state index in [1.807, 2.05) is 25.1 Å². The summed E-state index contributed by atoms with van der Waals surface area (Å²) in [4.78, 5) is 4.30.